The Hall–Kier alpha value is -3.13. The number of nitrogens with zero attached hydrogens (tertiary/aromatic N) is 1. The van der Waals surface area contributed by atoms with Crippen LogP contribution in [0.15, 0.2) is 42.6 Å². The van der Waals surface area contributed by atoms with Crippen LogP contribution in [0.5, 0.6) is 5.75 Å². The molecule has 0 radical (unpaired) electrons. The molecular formula is C23H30N4O4. The van der Waals surface area contributed by atoms with Crippen LogP contribution in [0.25, 0.3) is 0 Å². The molecule has 0 unspecified atom stereocenters. The molecule has 8 heteroatoms. The third kappa shape index (κ3) is 6.42. The fourth-order valence-electron chi connectivity index (χ4n) is 3.80. The van der Waals surface area contributed by atoms with Gasteiger partial charge in [0.2, 0.25) is 5.91 Å². The predicted molar refractivity (Wildman–Crippen MR) is 118 cm³/mol. The third-order valence-corrected chi connectivity index (χ3v) is 5.33. The normalized spacial score (nSPS) is 20.5. The Bertz CT molecular complexity index is 887. The Morgan fingerprint density at radius 1 is 1.19 bits per heavy atom. The van der Waals surface area contributed by atoms with Crippen LogP contribution in [-0.4, -0.2) is 49.6 Å². The standard InChI is InChI=1S/C23H30N4O4/c1-15(28)27-18-13-20(31-21(14-18)16-4-6-19(30-3)7-5-16)9-11-26-23(29)17-8-10-25-22(12-17)24-2/h4-8,10,12,18,20-21H,9,11,13-14H2,1-3H3,(H,24,25)(H,26,29)(H,27,28)/t18-,20+,21+/m0/s1. The van der Waals surface area contributed by atoms with E-state index in [0.717, 1.165) is 11.3 Å². The highest BCUT2D eigenvalue weighted by atomic mass is 16.5. The van der Waals surface area contributed by atoms with E-state index in [4.69, 9.17) is 9.47 Å². The van der Waals surface area contributed by atoms with Gasteiger partial charge in [-0.2, -0.15) is 0 Å². The number of rotatable bonds is 8. The van der Waals surface area contributed by atoms with E-state index in [2.05, 4.69) is 20.9 Å². The second-order valence-corrected chi connectivity index (χ2v) is 7.61. The van der Waals surface area contributed by atoms with Crippen molar-refractivity contribution in [2.24, 2.45) is 0 Å². The maximum atomic E-state index is 12.4. The van der Waals surface area contributed by atoms with E-state index in [-0.39, 0.29) is 30.1 Å². The number of methoxy groups -OCH3 is 1. The van der Waals surface area contributed by atoms with Gasteiger partial charge < -0.3 is 25.4 Å². The van der Waals surface area contributed by atoms with Gasteiger partial charge in [-0.15, -0.1) is 0 Å². The van der Waals surface area contributed by atoms with Crippen molar-refractivity contribution < 1.29 is 19.1 Å². The van der Waals surface area contributed by atoms with Crippen molar-refractivity contribution in [3.05, 3.63) is 53.7 Å². The molecule has 2 heterocycles. The first-order valence-corrected chi connectivity index (χ1v) is 10.5. The van der Waals surface area contributed by atoms with Crippen LogP contribution in [0.4, 0.5) is 5.82 Å². The number of pyridine rings is 1. The third-order valence-electron chi connectivity index (χ3n) is 5.33. The Morgan fingerprint density at radius 2 is 1.97 bits per heavy atom. The lowest BCUT2D eigenvalue weighted by Crippen LogP contribution is -2.43. The lowest BCUT2D eigenvalue weighted by atomic mass is 9.92. The molecule has 1 aliphatic rings. The molecule has 3 atom stereocenters. The lowest BCUT2D eigenvalue weighted by molar-refractivity contribution is -0.122. The highest BCUT2D eigenvalue weighted by molar-refractivity contribution is 5.94. The van der Waals surface area contributed by atoms with Crippen molar-refractivity contribution in [3.8, 4) is 5.75 Å². The zero-order chi connectivity index (χ0) is 22.2. The topological polar surface area (TPSA) is 102 Å². The summed E-state index contributed by atoms with van der Waals surface area (Å²) < 4.78 is 11.6. The molecule has 8 nitrogen and oxygen atoms in total. The molecule has 0 saturated carbocycles. The summed E-state index contributed by atoms with van der Waals surface area (Å²) >= 11 is 0. The van der Waals surface area contributed by atoms with Crippen molar-refractivity contribution in [3.63, 3.8) is 0 Å². The summed E-state index contributed by atoms with van der Waals surface area (Å²) in [5.74, 6) is 1.23. The molecule has 0 bridgehead atoms. The van der Waals surface area contributed by atoms with Gasteiger partial charge in [0.15, 0.2) is 0 Å². The number of hydrogen-bond acceptors (Lipinski definition) is 6. The number of benzene rings is 1. The minimum absolute atomic E-state index is 0.0254. The molecule has 166 valence electrons. The van der Waals surface area contributed by atoms with Crippen molar-refractivity contribution in [1.29, 1.82) is 0 Å². The van der Waals surface area contributed by atoms with Crippen molar-refractivity contribution in [2.75, 3.05) is 26.0 Å². The van der Waals surface area contributed by atoms with E-state index in [0.29, 0.717) is 37.2 Å². The number of ether oxygens (including phenoxy) is 2. The molecule has 1 fully saturated rings. The number of nitrogens with one attached hydrogen (secondary N) is 3. The maximum Gasteiger partial charge on any atom is 0.251 e. The summed E-state index contributed by atoms with van der Waals surface area (Å²) in [6.07, 6.45) is 3.46. The monoisotopic (exact) mass is 426 g/mol. The van der Waals surface area contributed by atoms with Gasteiger partial charge >= 0.3 is 0 Å². The average Bonchev–Trinajstić information content (AvgIpc) is 2.78. The molecule has 2 aromatic rings. The zero-order valence-electron chi connectivity index (χ0n) is 18.2. The molecule has 0 aliphatic carbocycles. The fourth-order valence-corrected chi connectivity index (χ4v) is 3.80. The largest absolute Gasteiger partial charge is 0.497 e. The van der Waals surface area contributed by atoms with Crippen LogP contribution < -0.4 is 20.7 Å². The number of hydrogen-bond donors (Lipinski definition) is 3. The van der Waals surface area contributed by atoms with Crippen LogP contribution in [0.2, 0.25) is 0 Å². The molecule has 3 N–H and O–H groups in total. The van der Waals surface area contributed by atoms with Gasteiger partial charge in [-0.05, 0) is 49.1 Å². The SMILES string of the molecule is CNc1cc(C(=O)NCC[C@@H]2C[C@H](NC(C)=O)C[C@H](c3ccc(OC)cc3)O2)ccn1. The molecule has 31 heavy (non-hydrogen) atoms. The first-order valence-electron chi connectivity index (χ1n) is 10.5. The number of aromatic nitrogens is 1. The van der Waals surface area contributed by atoms with Gasteiger partial charge in [0.25, 0.3) is 5.91 Å². The van der Waals surface area contributed by atoms with E-state index in [1.807, 2.05) is 24.3 Å². The molecular weight excluding hydrogens is 396 g/mol. The number of carbonyl (C=O) groups is 2. The summed E-state index contributed by atoms with van der Waals surface area (Å²) in [7, 11) is 3.39. The molecule has 1 aliphatic heterocycles. The average molecular weight is 427 g/mol. The quantitative estimate of drug-likeness (QED) is 0.600. The fraction of sp³-hybridized carbons (Fsp3) is 0.435. The highest BCUT2D eigenvalue weighted by Gasteiger charge is 2.30. The Labute approximate surface area is 182 Å². The van der Waals surface area contributed by atoms with Crippen LogP contribution in [0.3, 0.4) is 0 Å². The number of amides is 2. The minimum atomic E-state index is -0.153. The summed E-state index contributed by atoms with van der Waals surface area (Å²) in [5.41, 5.74) is 1.59. The van der Waals surface area contributed by atoms with Gasteiger partial charge in [-0.3, -0.25) is 9.59 Å². The summed E-state index contributed by atoms with van der Waals surface area (Å²) in [5, 5.41) is 8.90. The number of carbonyl (C=O) groups excluding carboxylic acids is 2. The van der Waals surface area contributed by atoms with Crippen LogP contribution in [0.1, 0.15) is 48.2 Å². The van der Waals surface area contributed by atoms with Crippen molar-refractivity contribution in [1.82, 2.24) is 15.6 Å². The Balaban J connectivity index is 1.60. The van der Waals surface area contributed by atoms with Crippen molar-refractivity contribution in [2.45, 2.75) is 44.4 Å². The van der Waals surface area contributed by atoms with Crippen molar-refractivity contribution >= 4 is 17.6 Å². The zero-order valence-corrected chi connectivity index (χ0v) is 18.2. The highest BCUT2D eigenvalue weighted by Crippen LogP contribution is 2.33. The minimum Gasteiger partial charge on any atom is -0.497 e. The predicted octanol–water partition coefficient (Wildman–Crippen LogP) is 2.68. The van der Waals surface area contributed by atoms with Crippen LogP contribution in [0, 0.1) is 0 Å². The van der Waals surface area contributed by atoms with Gasteiger partial charge in [-0.25, -0.2) is 4.98 Å². The van der Waals surface area contributed by atoms with E-state index in [9.17, 15) is 9.59 Å². The van der Waals surface area contributed by atoms with Gasteiger partial charge in [0.1, 0.15) is 11.6 Å². The van der Waals surface area contributed by atoms with E-state index in [1.54, 1.807) is 32.5 Å². The molecule has 0 spiro atoms. The lowest BCUT2D eigenvalue weighted by Gasteiger charge is -2.36. The van der Waals surface area contributed by atoms with Gasteiger partial charge in [-0.1, -0.05) is 12.1 Å². The first-order chi connectivity index (χ1) is 15.0. The summed E-state index contributed by atoms with van der Waals surface area (Å²) in [6, 6.07) is 11.2. The Morgan fingerprint density at radius 3 is 2.65 bits per heavy atom. The van der Waals surface area contributed by atoms with E-state index in [1.165, 1.54) is 6.92 Å². The van der Waals surface area contributed by atoms with Gasteiger partial charge in [0.05, 0.1) is 19.3 Å². The van der Waals surface area contributed by atoms with Crippen LogP contribution >= 0.6 is 0 Å². The number of anilines is 1. The molecule has 2 amide bonds. The van der Waals surface area contributed by atoms with Gasteiger partial charge in [0, 0.05) is 38.3 Å². The Kier molecular flexibility index (Phi) is 7.83. The molecule has 1 saturated heterocycles. The second kappa shape index (κ2) is 10.8. The second-order valence-electron chi connectivity index (χ2n) is 7.61. The smallest absolute Gasteiger partial charge is 0.251 e. The van der Waals surface area contributed by atoms with Crippen LogP contribution in [-0.2, 0) is 9.53 Å². The van der Waals surface area contributed by atoms with E-state index < -0.39 is 0 Å². The molecule has 3 rings (SSSR count). The summed E-state index contributed by atoms with van der Waals surface area (Å²) in [4.78, 5) is 28.2. The first kappa shape index (κ1) is 22.6. The molecule has 1 aromatic heterocycles. The summed E-state index contributed by atoms with van der Waals surface area (Å²) in [6.45, 7) is 2.00. The van der Waals surface area contributed by atoms with E-state index >= 15 is 0 Å². The molecule has 1 aromatic carbocycles. The maximum absolute atomic E-state index is 12.4.